The van der Waals surface area contributed by atoms with Crippen molar-refractivity contribution in [1.82, 2.24) is 0 Å². The molecule has 0 spiro atoms. The van der Waals surface area contributed by atoms with E-state index in [9.17, 15) is 4.79 Å². The SMILES string of the molecule is COCCOc1ccc(Br)cc1CC(=O)OC. The molecule has 17 heavy (non-hydrogen) atoms. The zero-order chi connectivity index (χ0) is 12.7. The lowest BCUT2D eigenvalue weighted by Crippen LogP contribution is -2.09. The fourth-order valence-corrected chi connectivity index (χ4v) is 1.70. The van der Waals surface area contributed by atoms with Crippen LogP contribution in [0.5, 0.6) is 5.75 Å². The number of methoxy groups -OCH3 is 2. The van der Waals surface area contributed by atoms with Gasteiger partial charge in [0.25, 0.3) is 0 Å². The Morgan fingerprint density at radius 1 is 1.29 bits per heavy atom. The van der Waals surface area contributed by atoms with Gasteiger partial charge in [-0.15, -0.1) is 0 Å². The standard InChI is InChI=1S/C12H15BrO4/c1-15-5-6-17-11-4-3-10(13)7-9(11)8-12(14)16-2/h3-4,7H,5-6,8H2,1-2H3. The quantitative estimate of drug-likeness (QED) is 0.597. The van der Waals surface area contributed by atoms with Gasteiger partial charge in [0, 0.05) is 17.1 Å². The number of rotatable bonds is 6. The molecule has 0 atom stereocenters. The molecule has 0 heterocycles. The van der Waals surface area contributed by atoms with Crippen molar-refractivity contribution in [2.75, 3.05) is 27.4 Å². The van der Waals surface area contributed by atoms with Crippen molar-refractivity contribution in [3.8, 4) is 5.75 Å². The molecule has 0 amide bonds. The molecule has 1 rings (SSSR count). The van der Waals surface area contributed by atoms with E-state index in [2.05, 4.69) is 20.7 Å². The Kier molecular flexibility index (Phi) is 6.00. The summed E-state index contributed by atoms with van der Waals surface area (Å²) in [4.78, 5) is 11.3. The molecule has 0 unspecified atom stereocenters. The lowest BCUT2D eigenvalue weighted by Gasteiger charge is -2.11. The number of halogens is 1. The Hall–Kier alpha value is -1.07. The second-order valence-corrected chi connectivity index (χ2v) is 4.26. The fraction of sp³-hybridized carbons (Fsp3) is 0.417. The molecule has 1 aromatic rings. The first-order valence-corrected chi connectivity index (χ1v) is 5.93. The van der Waals surface area contributed by atoms with Crippen molar-refractivity contribution in [2.24, 2.45) is 0 Å². The van der Waals surface area contributed by atoms with Crippen LogP contribution in [0.2, 0.25) is 0 Å². The average Bonchev–Trinajstić information content (AvgIpc) is 2.32. The van der Waals surface area contributed by atoms with E-state index in [1.807, 2.05) is 18.2 Å². The molecule has 0 aromatic heterocycles. The minimum absolute atomic E-state index is 0.193. The third-order valence-corrected chi connectivity index (χ3v) is 2.62. The van der Waals surface area contributed by atoms with Crippen LogP contribution < -0.4 is 4.74 Å². The highest BCUT2D eigenvalue weighted by atomic mass is 79.9. The highest BCUT2D eigenvalue weighted by Crippen LogP contribution is 2.24. The fourth-order valence-electron chi connectivity index (χ4n) is 1.29. The molecule has 0 saturated heterocycles. The molecule has 4 nitrogen and oxygen atoms in total. The van der Waals surface area contributed by atoms with Crippen LogP contribution in [-0.4, -0.2) is 33.4 Å². The zero-order valence-electron chi connectivity index (χ0n) is 9.86. The maximum Gasteiger partial charge on any atom is 0.310 e. The molecule has 0 aliphatic heterocycles. The molecule has 5 heteroatoms. The number of carbonyl (C=O) groups is 1. The second kappa shape index (κ2) is 7.29. The number of benzene rings is 1. The normalized spacial score (nSPS) is 10.1. The lowest BCUT2D eigenvalue weighted by atomic mass is 10.1. The molecule has 94 valence electrons. The summed E-state index contributed by atoms with van der Waals surface area (Å²) in [5, 5.41) is 0. The topological polar surface area (TPSA) is 44.8 Å². The van der Waals surface area contributed by atoms with Crippen molar-refractivity contribution in [3.63, 3.8) is 0 Å². The van der Waals surface area contributed by atoms with E-state index in [-0.39, 0.29) is 12.4 Å². The summed E-state index contributed by atoms with van der Waals surface area (Å²) in [5.74, 6) is 0.385. The molecular formula is C12H15BrO4. The number of ether oxygens (including phenoxy) is 3. The predicted molar refractivity (Wildman–Crippen MR) is 67.2 cm³/mol. The molecule has 1 aromatic carbocycles. The predicted octanol–water partition coefficient (Wildman–Crippen LogP) is 2.19. The number of carbonyl (C=O) groups excluding carboxylic acids is 1. The van der Waals surface area contributed by atoms with E-state index in [1.165, 1.54) is 7.11 Å². The maximum atomic E-state index is 11.3. The number of esters is 1. The summed E-state index contributed by atoms with van der Waals surface area (Å²) in [5.41, 5.74) is 0.794. The van der Waals surface area contributed by atoms with Gasteiger partial charge < -0.3 is 14.2 Å². The first-order valence-electron chi connectivity index (χ1n) is 5.14. The van der Waals surface area contributed by atoms with Crippen molar-refractivity contribution in [1.29, 1.82) is 0 Å². The van der Waals surface area contributed by atoms with Crippen LogP contribution in [0.25, 0.3) is 0 Å². The number of hydrogen-bond acceptors (Lipinski definition) is 4. The summed E-state index contributed by atoms with van der Waals surface area (Å²) in [7, 11) is 2.98. The highest BCUT2D eigenvalue weighted by Gasteiger charge is 2.10. The Morgan fingerprint density at radius 3 is 2.71 bits per heavy atom. The van der Waals surface area contributed by atoms with E-state index in [1.54, 1.807) is 7.11 Å². The molecule has 0 radical (unpaired) electrons. The van der Waals surface area contributed by atoms with Crippen molar-refractivity contribution < 1.29 is 19.0 Å². The van der Waals surface area contributed by atoms with Gasteiger partial charge >= 0.3 is 5.97 Å². The van der Waals surface area contributed by atoms with Gasteiger partial charge in [0.15, 0.2) is 0 Å². The summed E-state index contributed by atoms with van der Waals surface area (Å²) in [6.45, 7) is 0.958. The van der Waals surface area contributed by atoms with Gasteiger partial charge in [-0.1, -0.05) is 15.9 Å². The van der Waals surface area contributed by atoms with E-state index < -0.39 is 0 Å². The molecule has 0 bridgehead atoms. The second-order valence-electron chi connectivity index (χ2n) is 3.35. The van der Waals surface area contributed by atoms with Crippen molar-refractivity contribution >= 4 is 21.9 Å². The minimum Gasteiger partial charge on any atom is -0.491 e. The Labute approximate surface area is 109 Å². The van der Waals surface area contributed by atoms with Gasteiger partial charge in [-0.3, -0.25) is 4.79 Å². The van der Waals surface area contributed by atoms with Gasteiger partial charge in [-0.25, -0.2) is 0 Å². The van der Waals surface area contributed by atoms with Gasteiger partial charge in [0.05, 0.1) is 20.1 Å². The van der Waals surface area contributed by atoms with E-state index >= 15 is 0 Å². The lowest BCUT2D eigenvalue weighted by molar-refractivity contribution is -0.139. The van der Waals surface area contributed by atoms with Gasteiger partial charge in [0.2, 0.25) is 0 Å². The third kappa shape index (κ3) is 4.75. The minimum atomic E-state index is -0.292. The van der Waals surface area contributed by atoms with Crippen LogP contribution in [0.3, 0.4) is 0 Å². The van der Waals surface area contributed by atoms with Crippen LogP contribution in [0.1, 0.15) is 5.56 Å². The molecule has 0 saturated carbocycles. The van der Waals surface area contributed by atoms with Gasteiger partial charge in [0.1, 0.15) is 12.4 Å². The summed E-state index contributed by atoms with van der Waals surface area (Å²) in [6, 6.07) is 5.53. The molecule has 0 fully saturated rings. The first kappa shape index (κ1) is 14.0. The molecular weight excluding hydrogens is 288 g/mol. The van der Waals surface area contributed by atoms with E-state index in [0.717, 1.165) is 10.0 Å². The first-order chi connectivity index (χ1) is 8.17. The van der Waals surface area contributed by atoms with Gasteiger partial charge in [-0.05, 0) is 18.2 Å². The molecule has 0 aliphatic rings. The Morgan fingerprint density at radius 2 is 2.06 bits per heavy atom. The Bertz CT molecular complexity index is 379. The van der Waals surface area contributed by atoms with E-state index in [0.29, 0.717) is 19.0 Å². The highest BCUT2D eigenvalue weighted by molar-refractivity contribution is 9.10. The maximum absolute atomic E-state index is 11.3. The van der Waals surface area contributed by atoms with E-state index in [4.69, 9.17) is 9.47 Å². The Balaban J connectivity index is 2.76. The summed E-state index contributed by atoms with van der Waals surface area (Å²) < 4.78 is 16.0. The van der Waals surface area contributed by atoms with Gasteiger partial charge in [-0.2, -0.15) is 0 Å². The summed E-state index contributed by atoms with van der Waals surface area (Å²) >= 11 is 3.36. The molecule has 0 N–H and O–H groups in total. The van der Waals surface area contributed by atoms with Crippen LogP contribution >= 0.6 is 15.9 Å². The van der Waals surface area contributed by atoms with Crippen molar-refractivity contribution in [3.05, 3.63) is 28.2 Å². The van der Waals surface area contributed by atoms with Crippen LogP contribution in [0.4, 0.5) is 0 Å². The van der Waals surface area contributed by atoms with Crippen LogP contribution in [0.15, 0.2) is 22.7 Å². The third-order valence-electron chi connectivity index (χ3n) is 2.13. The monoisotopic (exact) mass is 302 g/mol. The zero-order valence-corrected chi connectivity index (χ0v) is 11.5. The van der Waals surface area contributed by atoms with Crippen LogP contribution in [0, 0.1) is 0 Å². The number of hydrogen-bond donors (Lipinski definition) is 0. The van der Waals surface area contributed by atoms with Crippen LogP contribution in [-0.2, 0) is 20.7 Å². The average molecular weight is 303 g/mol. The smallest absolute Gasteiger partial charge is 0.310 e. The summed E-state index contributed by atoms with van der Waals surface area (Å²) in [6.07, 6.45) is 0.193. The largest absolute Gasteiger partial charge is 0.491 e. The molecule has 0 aliphatic carbocycles. The van der Waals surface area contributed by atoms with Crippen molar-refractivity contribution in [2.45, 2.75) is 6.42 Å².